The molecule has 8 heteroatoms. The number of rotatable bonds is 12. The van der Waals surface area contributed by atoms with E-state index in [2.05, 4.69) is 10.6 Å². The van der Waals surface area contributed by atoms with Gasteiger partial charge in [-0.15, -0.1) is 0 Å². The number of carbonyl (C=O) groups is 3. The summed E-state index contributed by atoms with van der Waals surface area (Å²) in [6, 6.07) is 7.75. The van der Waals surface area contributed by atoms with Crippen LogP contribution in [0.2, 0.25) is 0 Å². The third-order valence-electron chi connectivity index (χ3n) is 3.94. The number of nitrogens with two attached hydrogens (primary N) is 1. The Hall–Kier alpha value is -2.22. The van der Waals surface area contributed by atoms with E-state index in [4.69, 9.17) is 10.5 Å². The predicted octanol–water partition coefficient (Wildman–Crippen LogP) is 2.19. The summed E-state index contributed by atoms with van der Waals surface area (Å²) in [6.07, 6.45) is 3.76. The fourth-order valence-corrected chi connectivity index (χ4v) is 2.85. The fourth-order valence-electron chi connectivity index (χ4n) is 2.38. The quantitative estimate of drug-likeness (QED) is 0.502. The number of ether oxygens (including phenoxy) is 1. The Kier molecular flexibility index (Phi) is 11.0. The summed E-state index contributed by atoms with van der Waals surface area (Å²) in [5.74, 6) is -0.316. The largest absolute Gasteiger partial charge is 0.445 e. The van der Waals surface area contributed by atoms with Gasteiger partial charge in [-0.1, -0.05) is 50.1 Å². The second-order valence-electron chi connectivity index (χ2n) is 6.15. The molecule has 0 aliphatic rings. The highest BCUT2D eigenvalue weighted by molar-refractivity contribution is 7.98. The molecular formula is C19H29N3O4S. The summed E-state index contributed by atoms with van der Waals surface area (Å²) in [5.41, 5.74) is 6.22. The molecule has 0 fully saturated rings. The summed E-state index contributed by atoms with van der Waals surface area (Å²) in [6.45, 7) is 2.11. The van der Waals surface area contributed by atoms with Gasteiger partial charge in [-0.05, 0) is 30.4 Å². The van der Waals surface area contributed by atoms with Crippen molar-refractivity contribution in [1.82, 2.24) is 10.6 Å². The lowest BCUT2D eigenvalue weighted by atomic mass is 10.1. The Morgan fingerprint density at radius 1 is 1.11 bits per heavy atom. The molecule has 0 saturated heterocycles. The van der Waals surface area contributed by atoms with E-state index in [0.717, 1.165) is 18.4 Å². The summed E-state index contributed by atoms with van der Waals surface area (Å²) in [5, 5.41) is 5.23. The van der Waals surface area contributed by atoms with Crippen molar-refractivity contribution in [2.45, 2.75) is 51.3 Å². The standard InChI is InChI=1S/C19H29N3O4S/c1-3-4-10-16(18(24)21-15(17(20)23)11-12-27-2)22-19(25)26-13-14-8-6-5-7-9-14/h5-9,15-16H,3-4,10-13H2,1-2H3,(H2,20,23)(H,21,24)(H,22,25)/t15-,16-/m1/s1. The number of hydrogen-bond acceptors (Lipinski definition) is 5. The van der Waals surface area contributed by atoms with Gasteiger partial charge in [0.15, 0.2) is 0 Å². The first-order valence-electron chi connectivity index (χ1n) is 9.03. The Morgan fingerprint density at radius 3 is 2.41 bits per heavy atom. The molecule has 150 valence electrons. The molecule has 1 aromatic rings. The van der Waals surface area contributed by atoms with Crippen LogP contribution in [0.1, 0.15) is 38.2 Å². The van der Waals surface area contributed by atoms with Crippen LogP contribution < -0.4 is 16.4 Å². The van der Waals surface area contributed by atoms with Crippen LogP contribution in [-0.4, -0.2) is 42.0 Å². The summed E-state index contributed by atoms with van der Waals surface area (Å²) < 4.78 is 5.18. The maximum Gasteiger partial charge on any atom is 0.408 e. The molecule has 0 aliphatic carbocycles. The van der Waals surface area contributed by atoms with Gasteiger partial charge >= 0.3 is 6.09 Å². The lowest BCUT2D eigenvalue weighted by molar-refractivity contribution is -0.128. The molecule has 0 radical (unpaired) electrons. The number of amides is 3. The maximum atomic E-state index is 12.5. The number of hydrogen-bond donors (Lipinski definition) is 3. The van der Waals surface area contributed by atoms with E-state index in [1.807, 2.05) is 43.5 Å². The van der Waals surface area contributed by atoms with Crippen LogP contribution in [0.4, 0.5) is 4.79 Å². The van der Waals surface area contributed by atoms with Crippen LogP contribution in [0.3, 0.4) is 0 Å². The Labute approximate surface area is 164 Å². The van der Waals surface area contributed by atoms with Crippen molar-refractivity contribution in [2.75, 3.05) is 12.0 Å². The molecule has 0 aliphatic heterocycles. The Morgan fingerprint density at radius 2 is 1.81 bits per heavy atom. The number of thioether (sulfide) groups is 1. The molecule has 0 saturated carbocycles. The van der Waals surface area contributed by atoms with Gasteiger partial charge < -0.3 is 21.1 Å². The molecule has 4 N–H and O–H groups in total. The van der Waals surface area contributed by atoms with Crippen molar-refractivity contribution >= 4 is 29.7 Å². The molecule has 27 heavy (non-hydrogen) atoms. The van der Waals surface area contributed by atoms with Crippen LogP contribution in [0.5, 0.6) is 0 Å². The number of primary amides is 1. The highest BCUT2D eigenvalue weighted by atomic mass is 32.2. The van der Waals surface area contributed by atoms with Gasteiger partial charge in [-0.2, -0.15) is 11.8 Å². The lowest BCUT2D eigenvalue weighted by Gasteiger charge is -2.21. The molecule has 1 aromatic carbocycles. The first-order valence-corrected chi connectivity index (χ1v) is 10.4. The zero-order valence-corrected chi connectivity index (χ0v) is 16.7. The van der Waals surface area contributed by atoms with Gasteiger partial charge in [0.05, 0.1) is 0 Å². The minimum absolute atomic E-state index is 0.117. The van der Waals surface area contributed by atoms with Crippen molar-refractivity contribution in [1.29, 1.82) is 0 Å². The fraction of sp³-hybridized carbons (Fsp3) is 0.526. The maximum absolute atomic E-state index is 12.5. The van der Waals surface area contributed by atoms with Crippen molar-refractivity contribution in [3.05, 3.63) is 35.9 Å². The SMILES string of the molecule is CCCC[C@@H](NC(=O)OCc1ccccc1)C(=O)N[C@H](CCSC)C(N)=O. The average Bonchev–Trinajstić information content (AvgIpc) is 2.67. The van der Waals surface area contributed by atoms with Crippen LogP contribution >= 0.6 is 11.8 Å². The van der Waals surface area contributed by atoms with Crippen LogP contribution in [0, 0.1) is 0 Å². The lowest BCUT2D eigenvalue weighted by Crippen LogP contribution is -2.53. The molecule has 0 bridgehead atoms. The molecule has 1 rings (SSSR count). The van der Waals surface area contributed by atoms with E-state index in [9.17, 15) is 14.4 Å². The van der Waals surface area contributed by atoms with Crippen molar-refractivity contribution in [3.8, 4) is 0 Å². The average molecular weight is 396 g/mol. The van der Waals surface area contributed by atoms with Crippen LogP contribution in [0.15, 0.2) is 30.3 Å². The van der Waals surface area contributed by atoms with Gasteiger partial charge in [0.2, 0.25) is 11.8 Å². The van der Waals surface area contributed by atoms with Gasteiger partial charge in [0.25, 0.3) is 0 Å². The Balaban J connectivity index is 2.62. The second-order valence-corrected chi connectivity index (χ2v) is 7.13. The molecule has 3 amide bonds. The molecule has 7 nitrogen and oxygen atoms in total. The minimum atomic E-state index is -0.774. The zero-order valence-electron chi connectivity index (χ0n) is 15.9. The molecular weight excluding hydrogens is 366 g/mol. The normalized spacial score (nSPS) is 12.7. The number of nitrogens with one attached hydrogen (secondary N) is 2. The predicted molar refractivity (Wildman–Crippen MR) is 107 cm³/mol. The summed E-state index contributed by atoms with van der Waals surface area (Å²) in [7, 11) is 0. The van der Waals surface area contributed by atoms with Gasteiger partial charge in [0, 0.05) is 0 Å². The molecule has 0 aromatic heterocycles. The topological polar surface area (TPSA) is 111 Å². The molecule has 0 heterocycles. The highest BCUT2D eigenvalue weighted by Gasteiger charge is 2.25. The molecule has 0 spiro atoms. The first-order chi connectivity index (χ1) is 13.0. The van der Waals surface area contributed by atoms with E-state index >= 15 is 0 Å². The van der Waals surface area contributed by atoms with Gasteiger partial charge in [0.1, 0.15) is 18.7 Å². The smallest absolute Gasteiger partial charge is 0.408 e. The van der Waals surface area contributed by atoms with Gasteiger partial charge in [-0.25, -0.2) is 4.79 Å². The number of unbranched alkanes of at least 4 members (excludes halogenated alkanes) is 1. The van der Waals surface area contributed by atoms with Gasteiger partial charge in [-0.3, -0.25) is 9.59 Å². The van der Waals surface area contributed by atoms with E-state index in [1.165, 1.54) is 0 Å². The monoisotopic (exact) mass is 395 g/mol. The highest BCUT2D eigenvalue weighted by Crippen LogP contribution is 2.06. The minimum Gasteiger partial charge on any atom is -0.445 e. The Bertz CT molecular complexity index is 598. The second kappa shape index (κ2) is 13.0. The zero-order chi connectivity index (χ0) is 20.1. The van der Waals surface area contributed by atoms with E-state index < -0.39 is 30.0 Å². The van der Waals surface area contributed by atoms with Crippen molar-refractivity contribution in [3.63, 3.8) is 0 Å². The van der Waals surface area contributed by atoms with E-state index in [-0.39, 0.29) is 6.61 Å². The number of carbonyl (C=O) groups excluding carboxylic acids is 3. The third-order valence-corrected chi connectivity index (χ3v) is 4.58. The van der Waals surface area contributed by atoms with E-state index in [1.54, 1.807) is 11.8 Å². The number of alkyl carbamates (subject to hydrolysis) is 1. The molecule has 0 unspecified atom stereocenters. The third kappa shape index (κ3) is 9.33. The van der Waals surface area contributed by atoms with Crippen LogP contribution in [-0.2, 0) is 20.9 Å². The number of benzene rings is 1. The van der Waals surface area contributed by atoms with Crippen molar-refractivity contribution in [2.24, 2.45) is 5.73 Å². The van der Waals surface area contributed by atoms with Crippen molar-refractivity contribution < 1.29 is 19.1 Å². The van der Waals surface area contributed by atoms with E-state index in [0.29, 0.717) is 18.6 Å². The molecule has 2 atom stereocenters. The van der Waals surface area contributed by atoms with Crippen LogP contribution in [0.25, 0.3) is 0 Å². The summed E-state index contributed by atoms with van der Waals surface area (Å²) >= 11 is 1.56. The summed E-state index contributed by atoms with van der Waals surface area (Å²) in [4.78, 5) is 36.2. The first kappa shape index (κ1) is 22.8.